The van der Waals surface area contributed by atoms with E-state index < -0.39 is 0 Å². The molecule has 0 bridgehead atoms. The molecule has 2 saturated carbocycles. The highest BCUT2D eigenvalue weighted by Gasteiger charge is 2.58. The maximum Gasteiger partial charge on any atom is 0.0596 e. The first-order valence-corrected chi connectivity index (χ1v) is 9.85. The molecule has 3 aliphatic carbocycles. The third-order valence-corrected chi connectivity index (χ3v) is 8.43. The van der Waals surface area contributed by atoms with Crippen LogP contribution in [0, 0.1) is 34.5 Å². The number of nitrogens with zero attached hydrogens (tertiary/aromatic N) is 1. The molecule has 0 saturated heterocycles. The molecule has 5 heteroatoms. The van der Waals surface area contributed by atoms with Crippen molar-refractivity contribution in [2.45, 2.75) is 58.5 Å². The molecule has 2 fully saturated rings. The van der Waals surface area contributed by atoms with Gasteiger partial charge in [-0.2, -0.15) is 5.10 Å². The smallest absolute Gasteiger partial charge is 0.0596 e. The molecule has 0 unspecified atom stereocenters. The van der Waals surface area contributed by atoms with Gasteiger partial charge in [-0.1, -0.05) is 13.8 Å². The Morgan fingerprint density at radius 2 is 1.88 bits per heavy atom. The van der Waals surface area contributed by atoms with Crippen molar-refractivity contribution < 1.29 is 15.3 Å². The number of aromatic amines is 1. The number of hydrogen-bond donors (Lipinski definition) is 4. The monoisotopic (exact) mass is 348 g/mol. The second-order valence-corrected chi connectivity index (χ2v) is 9.34. The number of rotatable bonds is 3. The van der Waals surface area contributed by atoms with Crippen LogP contribution in [0.25, 0.3) is 0 Å². The Hall–Kier alpha value is -0.910. The zero-order valence-electron chi connectivity index (χ0n) is 15.4. The molecule has 1 aromatic rings. The number of nitrogens with one attached hydrogen (secondary N) is 1. The van der Waals surface area contributed by atoms with Crippen LogP contribution in [-0.4, -0.2) is 44.8 Å². The van der Waals surface area contributed by atoms with Crippen molar-refractivity contribution in [3.8, 4) is 0 Å². The van der Waals surface area contributed by atoms with Gasteiger partial charge in [-0.15, -0.1) is 0 Å². The molecule has 5 nitrogen and oxygen atoms in total. The second-order valence-electron chi connectivity index (χ2n) is 9.34. The minimum Gasteiger partial charge on any atom is -0.396 e. The molecule has 0 aromatic carbocycles. The summed E-state index contributed by atoms with van der Waals surface area (Å²) in [5.41, 5.74) is 2.34. The largest absolute Gasteiger partial charge is 0.396 e. The van der Waals surface area contributed by atoms with Crippen LogP contribution >= 0.6 is 0 Å². The first kappa shape index (κ1) is 17.5. The van der Waals surface area contributed by atoms with Gasteiger partial charge in [-0.3, -0.25) is 5.10 Å². The van der Waals surface area contributed by atoms with Crippen LogP contribution in [0.15, 0.2) is 6.20 Å². The third-order valence-electron chi connectivity index (χ3n) is 8.43. The highest BCUT2D eigenvalue weighted by atomic mass is 16.3. The topological polar surface area (TPSA) is 89.4 Å². The molecule has 0 radical (unpaired) electrons. The Labute approximate surface area is 149 Å². The Balaban J connectivity index is 1.68. The zero-order valence-corrected chi connectivity index (χ0v) is 15.4. The molecule has 4 rings (SSSR count). The lowest BCUT2D eigenvalue weighted by Gasteiger charge is -2.55. The molecule has 25 heavy (non-hydrogen) atoms. The third kappa shape index (κ3) is 2.42. The van der Waals surface area contributed by atoms with E-state index in [1.807, 2.05) is 6.20 Å². The lowest BCUT2D eigenvalue weighted by Crippen LogP contribution is -2.53. The van der Waals surface area contributed by atoms with Gasteiger partial charge in [-0.25, -0.2) is 0 Å². The lowest BCUT2D eigenvalue weighted by molar-refractivity contribution is -0.102. The Bertz CT molecular complexity index is 632. The van der Waals surface area contributed by atoms with E-state index in [2.05, 4.69) is 24.0 Å². The van der Waals surface area contributed by atoms with E-state index in [1.165, 1.54) is 5.56 Å². The van der Waals surface area contributed by atoms with E-state index in [4.69, 9.17) is 0 Å². The van der Waals surface area contributed by atoms with Crippen LogP contribution in [0.3, 0.4) is 0 Å². The number of H-pyrrole nitrogens is 1. The van der Waals surface area contributed by atoms with Crippen molar-refractivity contribution >= 4 is 0 Å². The fourth-order valence-corrected chi connectivity index (χ4v) is 6.74. The van der Waals surface area contributed by atoms with Gasteiger partial charge in [0.05, 0.1) is 12.3 Å². The summed E-state index contributed by atoms with van der Waals surface area (Å²) in [4.78, 5) is 0. The van der Waals surface area contributed by atoms with Gasteiger partial charge in [0.1, 0.15) is 0 Å². The van der Waals surface area contributed by atoms with Crippen LogP contribution in [0.1, 0.15) is 50.8 Å². The molecule has 4 N–H and O–H groups in total. The Kier molecular flexibility index (Phi) is 4.25. The van der Waals surface area contributed by atoms with Crippen molar-refractivity contribution in [1.82, 2.24) is 10.2 Å². The van der Waals surface area contributed by atoms with Crippen molar-refractivity contribution in [2.75, 3.05) is 13.2 Å². The van der Waals surface area contributed by atoms with Gasteiger partial charge in [0.25, 0.3) is 0 Å². The maximum absolute atomic E-state index is 10.5. The zero-order chi connectivity index (χ0) is 17.8. The van der Waals surface area contributed by atoms with Crippen molar-refractivity contribution in [3.63, 3.8) is 0 Å². The van der Waals surface area contributed by atoms with E-state index in [1.54, 1.807) is 0 Å². The van der Waals surface area contributed by atoms with Gasteiger partial charge in [-0.05, 0) is 78.6 Å². The van der Waals surface area contributed by atoms with Crippen LogP contribution in [0.4, 0.5) is 0 Å². The number of aliphatic hydroxyl groups excluding tert-OH is 3. The highest BCUT2D eigenvalue weighted by molar-refractivity contribution is 5.25. The molecule has 1 heterocycles. The predicted molar refractivity (Wildman–Crippen MR) is 94.8 cm³/mol. The van der Waals surface area contributed by atoms with E-state index in [-0.39, 0.29) is 42.0 Å². The van der Waals surface area contributed by atoms with Crippen LogP contribution in [0.2, 0.25) is 0 Å². The summed E-state index contributed by atoms with van der Waals surface area (Å²) in [6.07, 6.45) is 7.36. The van der Waals surface area contributed by atoms with Crippen LogP contribution < -0.4 is 0 Å². The molecule has 140 valence electrons. The molecule has 1 aromatic heterocycles. The normalized spacial score (nSPS) is 46.7. The highest BCUT2D eigenvalue weighted by Crippen LogP contribution is 2.61. The molecule has 0 aliphatic heterocycles. The van der Waals surface area contributed by atoms with Crippen LogP contribution in [0.5, 0.6) is 0 Å². The van der Waals surface area contributed by atoms with E-state index in [9.17, 15) is 15.3 Å². The Morgan fingerprint density at radius 3 is 2.60 bits per heavy atom. The molecule has 0 amide bonds. The second kappa shape index (κ2) is 6.07. The quantitative estimate of drug-likeness (QED) is 0.672. The molecular weight excluding hydrogens is 316 g/mol. The molecule has 7 atom stereocenters. The summed E-state index contributed by atoms with van der Waals surface area (Å²) < 4.78 is 0. The fourth-order valence-electron chi connectivity index (χ4n) is 6.74. The number of hydrogen-bond acceptors (Lipinski definition) is 4. The first-order valence-electron chi connectivity index (χ1n) is 9.85. The fraction of sp³-hybridized carbons (Fsp3) is 0.850. The maximum atomic E-state index is 10.5. The number of aliphatic hydroxyl groups is 3. The van der Waals surface area contributed by atoms with Crippen molar-refractivity contribution in [1.29, 1.82) is 0 Å². The minimum absolute atomic E-state index is 0.0338. The number of aromatic nitrogens is 2. The summed E-state index contributed by atoms with van der Waals surface area (Å²) in [5, 5.41) is 38.3. The van der Waals surface area contributed by atoms with E-state index in [0.29, 0.717) is 11.8 Å². The summed E-state index contributed by atoms with van der Waals surface area (Å²) in [7, 11) is 0. The van der Waals surface area contributed by atoms with E-state index in [0.717, 1.165) is 44.2 Å². The average molecular weight is 348 g/mol. The van der Waals surface area contributed by atoms with Gasteiger partial charge in [0.2, 0.25) is 0 Å². The van der Waals surface area contributed by atoms with Crippen LogP contribution in [-0.2, 0) is 12.8 Å². The van der Waals surface area contributed by atoms with Gasteiger partial charge < -0.3 is 15.3 Å². The SMILES string of the molecule is C[C@]1([C@H]2CC[C@]3(C)[C@H](O)CC[C@H]3[C@@H]2CO)Cc2cn[nH]c2C[C@@H]1CO. The van der Waals surface area contributed by atoms with Gasteiger partial charge in [0.15, 0.2) is 0 Å². The summed E-state index contributed by atoms with van der Waals surface area (Å²) in [6, 6.07) is 0. The lowest BCUT2D eigenvalue weighted by atomic mass is 9.49. The summed E-state index contributed by atoms with van der Waals surface area (Å²) >= 11 is 0. The van der Waals surface area contributed by atoms with E-state index >= 15 is 0 Å². The van der Waals surface area contributed by atoms with Gasteiger partial charge >= 0.3 is 0 Å². The summed E-state index contributed by atoms with van der Waals surface area (Å²) in [6.45, 7) is 4.89. The van der Waals surface area contributed by atoms with Gasteiger partial charge in [0, 0.05) is 18.9 Å². The minimum atomic E-state index is -0.235. The van der Waals surface area contributed by atoms with Crippen molar-refractivity contribution in [2.24, 2.45) is 34.5 Å². The number of fused-ring (bicyclic) bond motifs is 2. The first-order chi connectivity index (χ1) is 11.9. The average Bonchev–Trinajstić information content (AvgIpc) is 3.17. The summed E-state index contributed by atoms with van der Waals surface area (Å²) in [5.74, 6) is 1.16. The predicted octanol–water partition coefficient (Wildman–Crippen LogP) is 1.92. The Morgan fingerprint density at radius 1 is 1.12 bits per heavy atom. The van der Waals surface area contributed by atoms with Crippen molar-refractivity contribution in [3.05, 3.63) is 17.5 Å². The molecule has 0 spiro atoms. The molecular formula is C20H32N2O3. The standard InChI is InChI=1S/C20H32N2O3/c1-19-6-5-16(14(11-24)15(19)3-4-18(19)25)20(2)8-12-9-21-22-17(12)7-13(20)10-23/h9,13-16,18,23-25H,3-8,10-11H2,1-2H3,(H,21,22)/t13-,14+,15+,16+,18-,19+,20+/m1/s1. The molecule has 3 aliphatic rings.